The van der Waals surface area contributed by atoms with Gasteiger partial charge in [0.15, 0.2) is 0 Å². The molecule has 0 aliphatic carbocycles. The quantitative estimate of drug-likeness (QED) is 0.482. The van der Waals surface area contributed by atoms with Crippen molar-refractivity contribution in [2.75, 3.05) is 19.5 Å². The minimum absolute atomic E-state index is 0.197. The molecule has 1 N–H and O–H groups in total. The summed E-state index contributed by atoms with van der Waals surface area (Å²) in [4.78, 5) is 21.2. The van der Waals surface area contributed by atoms with E-state index in [4.69, 9.17) is 0 Å². The van der Waals surface area contributed by atoms with Crippen LogP contribution in [0.3, 0.4) is 0 Å². The molecule has 86 valence electrons. The lowest BCUT2D eigenvalue weighted by Crippen LogP contribution is -2.10. The highest BCUT2D eigenvalue weighted by atomic mass is 19.1. The van der Waals surface area contributed by atoms with E-state index < -0.39 is 22.3 Å². The number of carbonyl (C=O) groups is 1. The van der Waals surface area contributed by atoms with Gasteiger partial charge in [0.25, 0.3) is 5.69 Å². The van der Waals surface area contributed by atoms with E-state index >= 15 is 0 Å². The summed E-state index contributed by atoms with van der Waals surface area (Å²) in [6, 6.07) is 1.83. The fourth-order valence-electron chi connectivity index (χ4n) is 1.27. The molecular formula is C9H9FN2O4. The van der Waals surface area contributed by atoms with Gasteiger partial charge in [-0.25, -0.2) is 9.18 Å². The highest BCUT2D eigenvalue weighted by molar-refractivity contribution is 5.98. The molecule has 0 radical (unpaired) electrons. The van der Waals surface area contributed by atoms with Crippen molar-refractivity contribution in [3.63, 3.8) is 0 Å². The van der Waals surface area contributed by atoms with Gasteiger partial charge in [0.1, 0.15) is 17.1 Å². The summed E-state index contributed by atoms with van der Waals surface area (Å²) in [5.41, 5.74) is -1.06. The fraction of sp³-hybridized carbons (Fsp3) is 0.222. The van der Waals surface area contributed by atoms with E-state index in [-0.39, 0.29) is 11.4 Å². The Balaban J connectivity index is 3.50. The molecule has 1 aromatic rings. The number of nitro groups is 1. The maximum atomic E-state index is 13.4. The molecule has 0 amide bonds. The van der Waals surface area contributed by atoms with Crippen LogP contribution in [-0.2, 0) is 4.74 Å². The van der Waals surface area contributed by atoms with Crippen LogP contribution in [0, 0.1) is 15.9 Å². The first-order valence-electron chi connectivity index (χ1n) is 4.25. The third-order valence-electron chi connectivity index (χ3n) is 1.97. The van der Waals surface area contributed by atoms with Gasteiger partial charge in [0.2, 0.25) is 0 Å². The van der Waals surface area contributed by atoms with Gasteiger partial charge in [-0.2, -0.15) is 0 Å². The molecule has 1 rings (SSSR count). The third-order valence-corrected chi connectivity index (χ3v) is 1.97. The number of halogens is 1. The SMILES string of the molecule is CNc1c([N+](=O)[O-])ccc(F)c1C(=O)OC. The van der Waals surface area contributed by atoms with Crippen LogP contribution in [0.5, 0.6) is 0 Å². The number of anilines is 1. The molecule has 7 heteroatoms. The lowest BCUT2D eigenvalue weighted by Gasteiger charge is -2.08. The smallest absolute Gasteiger partial charge is 0.343 e. The lowest BCUT2D eigenvalue weighted by atomic mass is 10.1. The first kappa shape index (κ1) is 11.9. The van der Waals surface area contributed by atoms with Gasteiger partial charge in [-0.15, -0.1) is 0 Å². The minimum Gasteiger partial charge on any atom is -0.465 e. The van der Waals surface area contributed by atoms with Crippen LogP contribution < -0.4 is 5.32 Å². The number of rotatable bonds is 3. The Kier molecular flexibility index (Phi) is 3.39. The summed E-state index contributed by atoms with van der Waals surface area (Å²) >= 11 is 0. The summed E-state index contributed by atoms with van der Waals surface area (Å²) in [7, 11) is 2.42. The first-order chi connectivity index (χ1) is 7.52. The van der Waals surface area contributed by atoms with Gasteiger partial charge in [-0.05, 0) is 6.07 Å². The fourth-order valence-corrected chi connectivity index (χ4v) is 1.27. The minimum atomic E-state index is -0.967. The van der Waals surface area contributed by atoms with Gasteiger partial charge in [0, 0.05) is 13.1 Å². The zero-order chi connectivity index (χ0) is 12.3. The van der Waals surface area contributed by atoms with E-state index in [9.17, 15) is 19.3 Å². The molecule has 16 heavy (non-hydrogen) atoms. The molecular weight excluding hydrogens is 219 g/mol. The van der Waals surface area contributed by atoms with Crippen LogP contribution in [-0.4, -0.2) is 25.1 Å². The summed E-state index contributed by atoms with van der Waals surface area (Å²) in [6.07, 6.45) is 0. The molecule has 0 aromatic heterocycles. The molecule has 0 heterocycles. The number of esters is 1. The number of carbonyl (C=O) groups excluding carboxylic acids is 1. The van der Waals surface area contributed by atoms with E-state index in [1.165, 1.54) is 7.05 Å². The largest absolute Gasteiger partial charge is 0.465 e. The highest BCUT2D eigenvalue weighted by Crippen LogP contribution is 2.30. The van der Waals surface area contributed by atoms with Crippen molar-refractivity contribution in [3.05, 3.63) is 33.6 Å². The molecule has 0 fully saturated rings. The van der Waals surface area contributed by atoms with Gasteiger partial charge in [-0.1, -0.05) is 0 Å². The average Bonchev–Trinajstić information content (AvgIpc) is 2.26. The summed E-state index contributed by atoms with van der Waals surface area (Å²) in [5.74, 6) is -1.84. The number of hydrogen-bond donors (Lipinski definition) is 1. The molecule has 0 saturated carbocycles. The molecule has 0 unspecified atom stereocenters. The normalized spacial score (nSPS) is 9.69. The Bertz CT molecular complexity index is 447. The number of hydrogen-bond acceptors (Lipinski definition) is 5. The number of nitro benzene ring substituents is 1. The van der Waals surface area contributed by atoms with Crippen LogP contribution in [0.25, 0.3) is 0 Å². The molecule has 0 aliphatic rings. The second kappa shape index (κ2) is 4.56. The zero-order valence-corrected chi connectivity index (χ0v) is 8.61. The number of benzene rings is 1. The maximum absolute atomic E-state index is 13.4. The molecule has 1 aromatic carbocycles. The Morgan fingerprint density at radius 2 is 2.19 bits per heavy atom. The second-order valence-electron chi connectivity index (χ2n) is 2.82. The summed E-state index contributed by atoms with van der Waals surface area (Å²) in [6.45, 7) is 0. The third kappa shape index (κ3) is 1.92. The second-order valence-corrected chi connectivity index (χ2v) is 2.82. The Hall–Kier alpha value is -2.18. The number of methoxy groups -OCH3 is 1. The Labute approximate surface area is 90.2 Å². The zero-order valence-electron chi connectivity index (χ0n) is 8.61. The van der Waals surface area contributed by atoms with Crippen LogP contribution in [0.4, 0.5) is 15.8 Å². The standard InChI is InChI=1S/C9H9FN2O4/c1-11-8-6(12(14)15)4-3-5(10)7(8)9(13)16-2/h3-4,11H,1-2H3. The van der Waals surface area contributed by atoms with Crippen molar-refractivity contribution >= 4 is 17.3 Å². The molecule has 0 spiro atoms. The van der Waals surface area contributed by atoms with Crippen molar-refractivity contribution in [2.24, 2.45) is 0 Å². The van der Waals surface area contributed by atoms with E-state index in [2.05, 4.69) is 10.1 Å². The number of ether oxygens (including phenoxy) is 1. The van der Waals surface area contributed by atoms with Crippen molar-refractivity contribution < 1.29 is 18.8 Å². The van der Waals surface area contributed by atoms with Crippen molar-refractivity contribution in [1.82, 2.24) is 0 Å². The molecule has 0 bridgehead atoms. The predicted molar refractivity (Wildman–Crippen MR) is 53.9 cm³/mol. The van der Waals surface area contributed by atoms with Gasteiger partial charge >= 0.3 is 5.97 Å². The average molecular weight is 228 g/mol. The number of nitrogens with zero attached hydrogens (tertiary/aromatic N) is 1. The highest BCUT2D eigenvalue weighted by Gasteiger charge is 2.25. The summed E-state index contributed by atoms with van der Waals surface area (Å²) in [5, 5.41) is 13.1. The van der Waals surface area contributed by atoms with Crippen molar-refractivity contribution in [2.45, 2.75) is 0 Å². The first-order valence-corrected chi connectivity index (χ1v) is 4.25. The van der Waals surface area contributed by atoms with E-state index in [1.807, 2.05) is 0 Å². The summed E-state index contributed by atoms with van der Waals surface area (Å²) < 4.78 is 17.7. The van der Waals surface area contributed by atoms with Crippen LogP contribution in [0.15, 0.2) is 12.1 Å². The Morgan fingerprint density at radius 3 is 2.62 bits per heavy atom. The monoisotopic (exact) mass is 228 g/mol. The van der Waals surface area contributed by atoms with Crippen LogP contribution in [0.2, 0.25) is 0 Å². The lowest BCUT2D eigenvalue weighted by molar-refractivity contribution is -0.384. The van der Waals surface area contributed by atoms with Gasteiger partial charge in [-0.3, -0.25) is 10.1 Å². The topological polar surface area (TPSA) is 81.5 Å². The van der Waals surface area contributed by atoms with E-state index in [0.717, 1.165) is 19.2 Å². The molecule has 0 aliphatic heterocycles. The van der Waals surface area contributed by atoms with Gasteiger partial charge in [0.05, 0.1) is 12.0 Å². The van der Waals surface area contributed by atoms with Crippen molar-refractivity contribution in [3.8, 4) is 0 Å². The van der Waals surface area contributed by atoms with Crippen LogP contribution in [0.1, 0.15) is 10.4 Å². The predicted octanol–water partition coefficient (Wildman–Crippen LogP) is 1.56. The molecule has 0 saturated heterocycles. The Morgan fingerprint density at radius 1 is 1.56 bits per heavy atom. The van der Waals surface area contributed by atoms with E-state index in [1.54, 1.807) is 0 Å². The molecule has 0 atom stereocenters. The number of nitrogens with one attached hydrogen (secondary N) is 1. The van der Waals surface area contributed by atoms with Gasteiger partial charge < -0.3 is 10.1 Å². The van der Waals surface area contributed by atoms with Crippen molar-refractivity contribution in [1.29, 1.82) is 0 Å². The molecule has 6 nitrogen and oxygen atoms in total. The van der Waals surface area contributed by atoms with E-state index in [0.29, 0.717) is 0 Å². The maximum Gasteiger partial charge on any atom is 0.343 e. The van der Waals surface area contributed by atoms with Crippen LogP contribution >= 0.6 is 0 Å².